The molecule has 0 bridgehead atoms. The quantitative estimate of drug-likeness (QED) is 0.175. The number of benzene rings is 3. The van der Waals surface area contributed by atoms with E-state index < -0.39 is 0 Å². The smallest absolute Gasteiger partial charge is 0.270 e. The number of nitrogens with zero attached hydrogens (tertiary/aromatic N) is 1. The third kappa shape index (κ3) is 5.21. The number of methoxy groups -OCH3 is 2. The van der Waals surface area contributed by atoms with Crippen molar-refractivity contribution < 1.29 is 23.4 Å². The number of carbonyl (C=O) groups excluding carboxylic acids is 1. The maximum absolute atomic E-state index is 14.0. The molecule has 1 aliphatic rings. The number of halogens is 2. The van der Waals surface area contributed by atoms with Crippen LogP contribution in [0, 0.1) is 9.39 Å². The van der Waals surface area contributed by atoms with E-state index in [9.17, 15) is 9.18 Å². The maximum atomic E-state index is 14.0. The first-order valence-electron chi connectivity index (χ1n) is 10.1. The Hall–Kier alpha value is -2.63. The Morgan fingerprint density at radius 1 is 1.09 bits per heavy atom. The number of thiocarbonyl (C=S) groups is 1. The molecule has 174 valence electrons. The molecule has 0 atom stereocenters. The molecule has 0 aliphatic carbocycles. The third-order valence-corrected chi connectivity index (χ3v) is 7.11. The summed E-state index contributed by atoms with van der Waals surface area (Å²) in [5.41, 5.74) is 1.89. The molecule has 0 unspecified atom stereocenters. The van der Waals surface area contributed by atoms with Crippen LogP contribution in [0.25, 0.3) is 6.08 Å². The van der Waals surface area contributed by atoms with Crippen molar-refractivity contribution in [1.29, 1.82) is 0 Å². The molecule has 0 spiro atoms. The van der Waals surface area contributed by atoms with Crippen molar-refractivity contribution in [3.05, 3.63) is 86.1 Å². The van der Waals surface area contributed by atoms with Crippen LogP contribution in [0.15, 0.2) is 65.6 Å². The van der Waals surface area contributed by atoms with Gasteiger partial charge in [0, 0.05) is 5.56 Å². The van der Waals surface area contributed by atoms with Crippen molar-refractivity contribution >= 4 is 68.6 Å². The van der Waals surface area contributed by atoms with E-state index in [0.29, 0.717) is 37.7 Å². The van der Waals surface area contributed by atoms with Crippen LogP contribution in [0.1, 0.15) is 11.1 Å². The normalized spacial score (nSPS) is 14.6. The van der Waals surface area contributed by atoms with Crippen LogP contribution >= 0.6 is 46.6 Å². The summed E-state index contributed by atoms with van der Waals surface area (Å²) in [6, 6.07) is 17.3. The molecular formula is C25H19FINO4S2. The summed E-state index contributed by atoms with van der Waals surface area (Å²) in [6.45, 7) is 0.0684. The van der Waals surface area contributed by atoms with Crippen LogP contribution in [0.2, 0.25) is 0 Å². The highest BCUT2D eigenvalue weighted by Gasteiger charge is 2.33. The molecule has 0 radical (unpaired) electrons. The van der Waals surface area contributed by atoms with Crippen LogP contribution in [0.4, 0.5) is 10.1 Å². The van der Waals surface area contributed by atoms with Crippen LogP contribution in [-0.2, 0) is 11.4 Å². The third-order valence-electron chi connectivity index (χ3n) is 5.00. The van der Waals surface area contributed by atoms with Crippen molar-refractivity contribution in [2.24, 2.45) is 0 Å². The largest absolute Gasteiger partial charge is 0.497 e. The molecule has 9 heteroatoms. The first kappa shape index (κ1) is 24.5. The molecule has 0 saturated carbocycles. The Morgan fingerprint density at radius 3 is 2.50 bits per heavy atom. The van der Waals surface area contributed by atoms with Gasteiger partial charge < -0.3 is 14.2 Å². The molecular weight excluding hydrogens is 588 g/mol. The molecule has 3 aromatic carbocycles. The molecule has 1 fully saturated rings. The Balaban J connectivity index is 1.57. The second kappa shape index (κ2) is 10.7. The van der Waals surface area contributed by atoms with E-state index in [-0.39, 0.29) is 18.3 Å². The van der Waals surface area contributed by atoms with E-state index in [1.54, 1.807) is 61.7 Å². The summed E-state index contributed by atoms with van der Waals surface area (Å²) in [6.07, 6.45) is 1.77. The monoisotopic (exact) mass is 607 g/mol. The standard InChI is InChI=1S/C25H19FINO4S2/c1-30-18-9-7-17(8-10-18)28-24(29)22(34-25(28)33)13-15-11-20(27)23(21(12-15)31-2)32-14-16-5-3-4-6-19(16)26/h3-13H,14H2,1-2H3/b22-13+. The van der Waals surface area contributed by atoms with E-state index in [1.165, 1.54) is 29.8 Å². The number of amides is 1. The minimum Gasteiger partial charge on any atom is -0.497 e. The zero-order valence-electron chi connectivity index (χ0n) is 18.2. The SMILES string of the molecule is COc1ccc(N2C(=O)/C(=C\c3cc(I)c(OCc4ccccc4F)c(OC)c3)SC2=S)cc1. The molecule has 0 N–H and O–H groups in total. The summed E-state index contributed by atoms with van der Waals surface area (Å²) >= 11 is 8.83. The first-order valence-corrected chi connectivity index (χ1v) is 12.4. The number of thioether (sulfide) groups is 1. The molecule has 4 rings (SSSR count). The second-order valence-corrected chi connectivity index (χ2v) is 9.97. The Morgan fingerprint density at radius 2 is 1.82 bits per heavy atom. The van der Waals surface area contributed by atoms with Crippen molar-refractivity contribution in [2.45, 2.75) is 6.61 Å². The molecule has 1 saturated heterocycles. The van der Waals surface area contributed by atoms with Gasteiger partial charge in [0.15, 0.2) is 15.8 Å². The fourth-order valence-corrected chi connectivity index (χ4v) is 5.38. The number of hydrogen-bond donors (Lipinski definition) is 0. The van der Waals surface area contributed by atoms with Gasteiger partial charge in [0.1, 0.15) is 18.2 Å². The Labute approximate surface area is 220 Å². The fourth-order valence-electron chi connectivity index (χ4n) is 3.30. The summed E-state index contributed by atoms with van der Waals surface area (Å²) in [4.78, 5) is 15.1. The molecule has 5 nitrogen and oxygen atoms in total. The van der Waals surface area contributed by atoms with E-state index >= 15 is 0 Å². The lowest BCUT2D eigenvalue weighted by molar-refractivity contribution is -0.113. The van der Waals surface area contributed by atoms with Gasteiger partial charge in [-0.25, -0.2) is 4.39 Å². The number of anilines is 1. The zero-order chi connectivity index (χ0) is 24.2. The fraction of sp³-hybridized carbons (Fsp3) is 0.120. The van der Waals surface area contributed by atoms with E-state index in [1.807, 2.05) is 6.07 Å². The maximum Gasteiger partial charge on any atom is 0.270 e. The Kier molecular flexibility index (Phi) is 7.74. The topological polar surface area (TPSA) is 48.0 Å². The minimum atomic E-state index is -0.327. The van der Waals surface area contributed by atoms with Gasteiger partial charge in [-0.05, 0) is 76.7 Å². The summed E-state index contributed by atoms with van der Waals surface area (Å²) in [5, 5.41) is 0. The summed E-state index contributed by atoms with van der Waals surface area (Å²) < 4.78 is 31.7. The van der Waals surface area contributed by atoms with E-state index in [0.717, 1.165) is 9.13 Å². The molecule has 34 heavy (non-hydrogen) atoms. The second-order valence-electron chi connectivity index (χ2n) is 7.13. The van der Waals surface area contributed by atoms with Crippen LogP contribution in [-0.4, -0.2) is 24.4 Å². The van der Waals surface area contributed by atoms with Gasteiger partial charge in [0.05, 0.1) is 28.4 Å². The highest BCUT2D eigenvalue weighted by molar-refractivity contribution is 14.1. The van der Waals surface area contributed by atoms with Gasteiger partial charge in [-0.1, -0.05) is 42.2 Å². The first-order chi connectivity index (χ1) is 16.4. The van der Waals surface area contributed by atoms with Crippen LogP contribution in [0.3, 0.4) is 0 Å². The van der Waals surface area contributed by atoms with Crippen molar-refractivity contribution in [2.75, 3.05) is 19.1 Å². The molecule has 1 amide bonds. The van der Waals surface area contributed by atoms with Gasteiger partial charge in [-0.15, -0.1) is 0 Å². The van der Waals surface area contributed by atoms with Gasteiger partial charge in [-0.3, -0.25) is 9.69 Å². The number of hydrogen-bond acceptors (Lipinski definition) is 6. The highest BCUT2D eigenvalue weighted by atomic mass is 127. The molecule has 3 aromatic rings. The lowest BCUT2D eigenvalue weighted by Gasteiger charge is -2.15. The number of ether oxygens (including phenoxy) is 3. The van der Waals surface area contributed by atoms with E-state index in [2.05, 4.69) is 22.6 Å². The van der Waals surface area contributed by atoms with Crippen molar-refractivity contribution in [1.82, 2.24) is 0 Å². The Bertz CT molecular complexity index is 1280. The van der Waals surface area contributed by atoms with E-state index in [4.69, 9.17) is 26.4 Å². The van der Waals surface area contributed by atoms with Gasteiger partial charge in [0.2, 0.25) is 0 Å². The minimum absolute atomic E-state index is 0.0684. The average molecular weight is 607 g/mol. The molecule has 1 aliphatic heterocycles. The molecule has 1 heterocycles. The van der Waals surface area contributed by atoms with Crippen molar-refractivity contribution in [3.63, 3.8) is 0 Å². The predicted octanol–water partition coefficient (Wildman–Crippen LogP) is 6.43. The summed E-state index contributed by atoms with van der Waals surface area (Å²) in [5.74, 6) is 1.17. The average Bonchev–Trinajstić information content (AvgIpc) is 3.11. The number of carbonyl (C=O) groups is 1. The van der Waals surface area contributed by atoms with Crippen molar-refractivity contribution in [3.8, 4) is 17.2 Å². The highest BCUT2D eigenvalue weighted by Crippen LogP contribution is 2.39. The number of rotatable bonds is 7. The summed E-state index contributed by atoms with van der Waals surface area (Å²) in [7, 11) is 3.12. The van der Waals surface area contributed by atoms with Crippen LogP contribution < -0.4 is 19.1 Å². The lowest BCUT2D eigenvalue weighted by Crippen LogP contribution is -2.27. The molecule has 0 aromatic heterocycles. The van der Waals surface area contributed by atoms with Gasteiger partial charge in [-0.2, -0.15) is 0 Å². The van der Waals surface area contributed by atoms with Gasteiger partial charge in [0.25, 0.3) is 5.91 Å². The van der Waals surface area contributed by atoms with Crippen LogP contribution in [0.5, 0.6) is 17.2 Å². The predicted molar refractivity (Wildman–Crippen MR) is 145 cm³/mol. The zero-order valence-corrected chi connectivity index (χ0v) is 22.0. The van der Waals surface area contributed by atoms with Gasteiger partial charge >= 0.3 is 0 Å². The lowest BCUT2D eigenvalue weighted by atomic mass is 10.1.